The molecule has 0 aliphatic carbocycles. The molecule has 118 valence electrons. The second kappa shape index (κ2) is 10.5. The van der Waals surface area contributed by atoms with Crippen LogP contribution in [0.15, 0.2) is 4.99 Å². The Labute approximate surface area is 124 Å². The predicted octanol–water partition coefficient (Wildman–Crippen LogP) is 1.70. The van der Waals surface area contributed by atoms with Crippen LogP contribution in [0.4, 0.5) is 0 Å². The van der Waals surface area contributed by atoms with E-state index in [0.29, 0.717) is 5.92 Å². The van der Waals surface area contributed by atoms with Gasteiger partial charge in [-0.15, -0.1) is 0 Å². The summed E-state index contributed by atoms with van der Waals surface area (Å²) in [5.74, 6) is 2.01. The number of carbonyl (C=O) groups is 1. The Morgan fingerprint density at radius 1 is 1.10 bits per heavy atom. The number of nitrogens with one attached hydrogen (secondary N) is 2. The van der Waals surface area contributed by atoms with Crippen molar-refractivity contribution in [2.24, 2.45) is 16.8 Å². The lowest BCUT2D eigenvalue weighted by Gasteiger charge is -2.15. The topological polar surface area (TPSA) is 56.7 Å². The van der Waals surface area contributed by atoms with Crippen molar-refractivity contribution in [2.45, 2.75) is 40.5 Å². The Bertz CT molecular complexity index is 298. The van der Waals surface area contributed by atoms with Crippen molar-refractivity contribution in [3.8, 4) is 0 Å². The second-order valence-corrected chi connectivity index (χ2v) is 6.19. The summed E-state index contributed by atoms with van der Waals surface area (Å²) in [5, 5.41) is 6.56. The fourth-order valence-electron chi connectivity index (χ4n) is 1.48. The van der Waals surface area contributed by atoms with Crippen LogP contribution in [0.25, 0.3) is 0 Å². The molecule has 0 atom stereocenters. The fraction of sp³-hybridized carbons (Fsp3) is 0.867. The first-order valence-electron chi connectivity index (χ1n) is 7.55. The molecule has 0 aromatic carbocycles. The highest BCUT2D eigenvalue weighted by Gasteiger charge is 2.05. The summed E-state index contributed by atoms with van der Waals surface area (Å²) < 4.78 is 0. The molecule has 5 heteroatoms. The highest BCUT2D eigenvalue weighted by atomic mass is 16.2. The Balaban J connectivity index is 4.25. The summed E-state index contributed by atoms with van der Waals surface area (Å²) in [7, 11) is 3.49. The quantitative estimate of drug-likeness (QED) is 0.405. The molecule has 0 saturated heterocycles. The van der Waals surface area contributed by atoms with Crippen molar-refractivity contribution in [1.29, 1.82) is 0 Å². The van der Waals surface area contributed by atoms with Crippen LogP contribution in [0.3, 0.4) is 0 Å². The highest BCUT2D eigenvalue weighted by Crippen LogP contribution is 2.01. The molecule has 0 fully saturated rings. The molecule has 0 radical (unpaired) electrons. The maximum Gasteiger partial charge on any atom is 0.243 e. The van der Waals surface area contributed by atoms with Gasteiger partial charge >= 0.3 is 0 Å². The van der Waals surface area contributed by atoms with E-state index in [1.54, 1.807) is 19.0 Å². The molecule has 0 aromatic rings. The zero-order chi connectivity index (χ0) is 15.5. The van der Waals surface area contributed by atoms with E-state index in [0.717, 1.165) is 31.4 Å². The lowest BCUT2D eigenvalue weighted by molar-refractivity contribution is -0.127. The molecule has 0 unspecified atom stereocenters. The summed E-state index contributed by atoms with van der Waals surface area (Å²) in [6.07, 6.45) is 2.31. The number of amides is 1. The van der Waals surface area contributed by atoms with Gasteiger partial charge in [-0.3, -0.25) is 4.79 Å². The highest BCUT2D eigenvalue weighted by molar-refractivity contribution is 5.84. The molecular formula is C15H32N4O. The van der Waals surface area contributed by atoms with Gasteiger partial charge in [-0.05, 0) is 24.7 Å². The number of aliphatic imine (C=N–C) groups is 1. The van der Waals surface area contributed by atoms with Crippen LogP contribution in [0.2, 0.25) is 0 Å². The van der Waals surface area contributed by atoms with Gasteiger partial charge in [0.15, 0.2) is 5.96 Å². The first-order chi connectivity index (χ1) is 9.32. The lowest BCUT2D eigenvalue weighted by atomic mass is 10.1. The molecule has 0 spiro atoms. The predicted molar refractivity (Wildman–Crippen MR) is 85.9 cm³/mol. The van der Waals surface area contributed by atoms with E-state index in [4.69, 9.17) is 0 Å². The van der Waals surface area contributed by atoms with Gasteiger partial charge in [0.2, 0.25) is 5.91 Å². The van der Waals surface area contributed by atoms with E-state index in [1.165, 1.54) is 6.42 Å². The third-order valence-corrected chi connectivity index (χ3v) is 2.80. The summed E-state index contributed by atoms with van der Waals surface area (Å²) in [6, 6.07) is 0. The maximum absolute atomic E-state index is 11.6. The van der Waals surface area contributed by atoms with Gasteiger partial charge in [0.05, 0.1) is 0 Å². The number of guanidine groups is 1. The molecule has 0 rings (SSSR count). The molecular weight excluding hydrogens is 252 g/mol. The number of nitrogens with zero attached hydrogens (tertiary/aromatic N) is 2. The van der Waals surface area contributed by atoms with E-state index < -0.39 is 0 Å². The molecule has 0 heterocycles. The largest absolute Gasteiger partial charge is 0.356 e. The van der Waals surface area contributed by atoms with E-state index in [2.05, 4.69) is 43.3 Å². The Morgan fingerprint density at radius 3 is 2.25 bits per heavy atom. The summed E-state index contributed by atoms with van der Waals surface area (Å²) in [5.41, 5.74) is 0. The van der Waals surface area contributed by atoms with Crippen LogP contribution >= 0.6 is 0 Å². The smallest absolute Gasteiger partial charge is 0.243 e. The van der Waals surface area contributed by atoms with E-state index in [1.807, 2.05) is 0 Å². The zero-order valence-corrected chi connectivity index (χ0v) is 14.0. The fourth-order valence-corrected chi connectivity index (χ4v) is 1.48. The van der Waals surface area contributed by atoms with Gasteiger partial charge in [-0.1, -0.05) is 27.7 Å². The summed E-state index contributed by atoms with van der Waals surface area (Å²) in [4.78, 5) is 17.5. The van der Waals surface area contributed by atoms with Crippen LogP contribution in [0.1, 0.15) is 40.5 Å². The Morgan fingerprint density at radius 2 is 1.75 bits per heavy atom. The normalized spacial score (nSPS) is 11.9. The third kappa shape index (κ3) is 10.6. The van der Waals surface area contributed by atoms with Crippen LogP contribution in [0, 0.1) is 11.8 Å². The zero-order valence-electron chi connectivity index (χ0n) is 14.0. The maximum atomic E-state index is 11.6. The Kier molecular flexibility index (Phi) is 9.86. The molecule has 0 saturated carbocycles. The minimum atomic E-state index is 0.0119. The van der Waals surface area contributed by atoms with Crippen molar-refractivity contribution in [1.82, 2.24) is 15.5 Å². The van der Waals surface area contributed by atoms with E-state index >= 15 is 0 Å². The second-order valence-electron chi connectivity index (χ2n) is 6.19. The van der Waals surface area contributed by atoms with Crippen LogP contribution in [-0.4, -0.2) is 50.5 Å². The van der Waals surface area contributed by atoms with Crippen molar-refractivity contribution in [2.75, 3.05) is 33.7 Å². The number of hydrogen-bond acceptors (Lipinski definition) is 2. The van der Waals surface area contributed by atoms with E-state index in [-0.39, 0.29) is 12.5 Å². The molecule has 0 aliphatic heterocycles. The number of hydrogen-bond donors (Lipinski definition) is 2. The summed E-state index contributed by atoms with van der Waals surface area (Å²) in [6.45, 7) is 10.7. The molecule has 0 aromatic heterocycles. The number of rotatable bonds is 8. The number of likely N-dealkylation sites (N-methyl/N-ethyl adjacent to an activating group) is 1. The van der Waals surface area contributed by atoms with Crippen LogP contribution < -0.4 is 10.6 Å². The number of carbonyl (C=O) groups excluding carboxylic acids is 1. The first kappa shape index (κ1) is 18.7. The Hall–Kier alpha value is -1.26. The lowest BCUT2D eigenvalue weighted by Crippen LogP contribution is -2.40. The van der Waals surface area contributed by atoms with Crippen LogP contribution in [-0.2, 0) is 4.79 Å². The van der Waals surface area contributed by atoms with Crippen molar-refractivity contribution in [3.05, 3.63) is 0 Å². The first-order valence-corrected chi connectivity index (χ1v) is 7.55. The standard InChI is InChI=1S/C15H32N4O/c1-12(2)8-7-9-16-15(17-10-13(3)4)18-11-14(20)19(5)6/h12-13H,7-11H2,1-6H3,(H2,16,17,18). The van der Waals surface area contributed by atoms with Gasteiger partial charge in [0.25, 0.3) is 0 Å². The molecule has 0 bridgehead atoms. The molecule has 0 aliphatic rings. The van der Waals surface area contributed by atoms with Gasteiger partial charge in [0.1, 0.15) is 6.54 Å². The minimum Gasteiger partial charge on any atom is -0.356 e. The molecule has 1 amide bonds. The third-order valence-electron chi connectivity index (χ3n) is 2.80. The van der Waals surface area contributed by atoms with Crippen LogP contribution in [0.5, 0.6) is 0 Å². The average Bonchev–Trinajstić information content (AvgIpc) is 2.35. The van der Waals surface area contributed by atoms with Gasteiger partial charge < -0.3 is 15.5 Å². The SMILES string of the molecule is CC(C)CCCNC(=NCC(=O)N(C)C)NCC(C)C. The monoisotopic (exact) mass is 284 g/mol. The molecule has 20 heavy (non-hydrogen) atoms. The van der Waals surface area contributed by atoms with Crippen molar-refractivity contribution < 1.29 is 4.79 Å². The molecule has 5 nitrogen and oxygen atoms in total. The van der Waals surface area contributed by atoms with Gasteiger partial charge in [-0.25, -0.2) is 4.99 Å². The van der Waals surface area contributed by atoms with Crippen molar-refractivity contribution in [3.63, 3.8) is 0 Å². The summed E-state index contributed by atoms with van der Waals surface area (Å²) >= 11 is 0. The average molecular weight is 284 g/mol. The van der Waals surface area contributed by atoms with E-state index in [9.17, 15) is 4.79 Å². The van der Waals surface area contributed by atoms with Gasteiger partial charge in [0, 0.05) is 27.2 Å². The van der Waals surface area contributed by atoms with Crippen molar-refractivity contribution >= 4 is 11.9 Å². The van der Waals surface area contributed by atoms with Gasteiger partial charge in [-0.2, -0.15) is 0 Å². The molecule has 2 N–H and O–H groups in total. The minimum absolute atomic E-state index is 0.0119.